The Morgan fingerprint density at radius 1 is 1.11 bits per heavy atom. The fourth-order valence-corrected chi connectivity index (χ4v) is 3.93. The third-order valence-electron chi connectivity index (χ3n) is 3.49. The number of sulfonamides is 1. The summed E-state index contributed by atoms with van der Waals surface area (Å²) in [5, 5.41) is 4.63. The molecule has 0 aliphatic rings. The molecule has 0 radical (unpaired) electrons. The highest BCUT2D eigenvalue weighted by Gasteiger charge is 2.15. The van der Waals surface area contributed by atoms with Gasteiger partial charge in [-0.15, -0.1) is 11.3 Å². The number of aryl methyl sites for hydroxylation is 1. The molecule has 0 aliphatic carbocycles. The fourth-order valence-electron chi connectivity index (χ4n) is 2.15. The van der Waals surface area contributed by atoms with E-state index < -0.39 is 10.0 Å². The molecule has 0 saturated heterocycles. The van der Waals surface area contributed by atoms with E-state index in [0.717, 1.165) is 5.56 Å². The van der Waals surface area contributed by atoms with Gasteiger partial charge in [0, 0.05) is 17.3 Å². The predicted octanol–water partition coefficient (Wildman–Crippen LogP) is 3.27. The maximum atomic E-state index is 12.3. The number of thiazole rings is 1. The van der Waals surface area contributed by atoms with Crippen molar-refractivity contribution in [1.29, 1.82) is 0 Å². The van der Waals surface area contributed by atoms with Crippen molar-refractivity contribution >= 4 is 38.1 Å². The highest BCUT2D eigenvalue weighted by Crippen LogP contribution is 2.19. The van der Waals surface area contributed by atoms with Crippen LogP contribution in [0.2, 0.25) is 0 Å². The number of hydrogen-bond donors (Lipinski definition) is 2. The zero-order chi connectivity index (χ0) is 19.3. The highest BCUT2D eigenvalue weighted by molar-refractivity contribution is 7.93. The van der Waals surface area contributed by atoms with Gasteiger partial charge in [0.1, 0.15) is 5.75 Å². The van der Waals surface area contributed by atoms with Gasteiger partial charge in [0.2, 0.25) is 0 Å². The van der Waals surface area contributed by atoms with Gasteiger partial charge < -0.3 is 10.1 Å². The molecule has 3 rings (SSSR count). The van der Waals surface area contributed by atoms with Crippen LogP contribution in [0.4, 0.5) is 10.8 Å². The monoisotopic (exact) mass is 403 g/mol. The van der Waals surface area contributed by atoms with Crippen LogP contribution in [0.5, 0.6) is 5.75 Å². The first kappa shape index (κ1) is 18.9. The quantitative estimate of drug-likeness (QED) is 0.631. The van der Waals surface area contributed by atoms with Crippen LogP contribution in [0, 0.1) is 6.92 Å². The average Bonchev–Trinajstić information content (AvgIpc) is 3.14. The lowest BCUT2D eigenvalue weighted by Crippen LogP contribution is -2.20. The van der Waals surface area contributed by atoms with Crippen molar-refractivity contribution in [1.82, 2.24) is 4.98 Å². The molecule has 0 saturated carbocycles. The number of ether oxygens (including phenoxy) is 1. The Morgan fingerprint density at radius 2 is 1.81 bits per heavy atom. The summed E-state index contributed by atoms with van der Waals surface area (Å²) in [7, 11) is -3.72. The summed E-state index contributed by atoms with van der Waals surface area (Å²) in [5.74, 6) is 0.262. The van der Waals surface area contributed by atoms with Crippen molar-refractivity contribution < 1.29 is 17.9 Å². The molecule has 0 fully saturated rings. The topological polar surface area (TPSA) is 97.4 Å². The van der Waals surface area contributed by atoms with Crippen LogP contribution in [-0.4, -0.2) is 25.9 Å². The lowest BCUT2D eigenvalue weighted by molar-refractivity contribution is -0.118. The van der Waals surface area contributed by atoms with Crippen LogP contribution in [-0.2, 0) is 14.8 Å². The van der Waals surface area contributed by atoms with Crippen LogP contribution in [0.25, 0.3) is 0 Å². The standard InChI is InChI=1S/C18H17N3O4S2/c1-13-2-6-15(7-3-13)25-12-17(22)20-14-4-8-16(9-5-14)27(23,24)21-18-19-10-11-26-18/h2-11H,12H2,1H3,(H,19,21)(H,20,22). The van der Waals surface area contributed by atoms with Gasteiger partial charge in [-0.05, 0) is 43.3 Å². The Bertz CT molecular complexity index is 1000. The number of hydrogen-bond acceptors (Lipinski definition) is 6. The van der Waals surface area contributed by atoms with Crippen LogP contribution in [0.3, 0.4) is 0 Å². The maximum Gasteiger partial charge on any atom is 0.263 e. The Labute approximate surface area is 161 Å². The van der Waals surface area contributed by atoms with Crippen molar-refractivity contribution in [3.63, 3.8) is 0 Å². The van der Waals surface area contributed by atoms with E-state index in [4.69, 9.17) is 4.74 Å². The molecule has 27 heavy (non-hydrogen) atoms. The third-order valence-corrected chi connectivity index (χ3v) is 5.67. The van der Waals surface area contributed by atoms with Gasteiger partial charge in [0.25, 0.3) is 15.9 Å². The Morgan fingerprint density at radius 3 is 2.44 bits per heavy atom. The summed E-state index contributed by atoms with van der Waals surface area (Å²) in [6.45, 7) is 1.82. The summed E-state index contributed by atoms with van der Waals surface area (Å²) in [4.78, 5) is 15.9. The summed E-state index contributed by atoms with van der Waals surface area (Å²) in [6, 6.07) is 13.2. The Hall–Kier alpha value is -2.91. The molecule has 0 bridgehead atoms. The number of benzene rings is 2. The first-order valence-corrected chi connectivity index (χ1v) is 10.3. The summed E-state index contributed by atoms with van der Waals surface area (Å²) < 4.78 is 32.3. The molecule has 1 aromatic heterocycles. The molecule has 0 aliphatic heterocycles. The van der Waals surface area contributed by atoms with Crippen molar-refractivity contribution in [2.75, 3.05) is 16.6 Å². The fraction of sp³-hybridized carbons (Fsp3) is 0.111. The Kier molecular flexibility index (Phi) is 5.72. The normalized spacial score (nSPS) is 11.0. The minimum atomic E-state index is -3.72. The van der Waals surface area contributed by atoms with E-state index in [1.165, 1.54) is 41.8 Å². The van der Waals surface area contributed by atoms with Crippen molar-refractivity contribution in [2.24, 2.45) is 0 Å². The second kappa shape index (κ2) is 8.19. The van der Waals surface area contributed by atoms with Gasteiger partial charge in [-0.3, -0.25) is 9.52 Å². The largest absolute Gasteiger partial charge is 0.484 e. The van der Waals surface area contributed by atoms with Gasteiger partial charge in [0.15, 0.2) is 11.7 Å². The van der Waals surface area contributed by atoms with E-state index >= 15 is 0 Å². The second-order valence-corrected chi connectivity index (χ2v) is 8.19. The number of anilines is 2. The highest BCUT2D eigenvalue weighted by atomic mass is 32.2. The minimum absolute atomic E-state index is 0.0756. The SMILES string of the molecule is Cc1ccc(OCC(=O)Nc2ccc(S(=O)(=O)Nc3nccs3)cc2)cc1. The van der Waals surface area contributed by atoms with E-state index in [2.05, 4.69) is 15.0 Å². The molecule has 140 valence electrons. The first-order valence-electron chi connectivity index (χ1n) is 7.94. The molecule has 1 heterocycles. The van der Waals surface area contributed by atoms with Crippen LogP contribution in [0.1, 0.15) is 5.56 Å². The number of carbonyl (C=O) groups excluding carboxylic acids is 1. The van der Waals surface area contributed by atoms with E-state index in [9.17, 15) is 13.2 Å². The predicted molar refractivity (Wildman–Crippen MR) is 105 cm³/mol. The van der Waals surface area contributed by atoms with Crippen molar-refractivity contribution in [3.8, 4) is 5.75 Å². The zero-order valence-corrected chi connectivity index (χ0v) is 16.0. The molecular formula is C18H17N3O4S2. The van der Waals surface area contributed by atoms with E-state index in [1.807, 2.05) is 19.1 Å². The van der Waals surface area contributed by atoms with Gasteiger partial charge in [-0.1, -0.05) is 17.7 Å². The van der Waals surface area contributed by atoms with Crippen LogP contribution in [0.15, 0.2) is 65.0 Å². The number of amides is 1. The lowest BCUT2D eigenvalue weighted by Gasteiger charge is -2.09. The van der Waals surface area contributed by atoms with Gasteiger partial charge in [-0.25, -0.2) is 13.4 Å². The smallest absolute Gasteiger partial charge is 0.263 e. The molecule has 0 spiro atoms. The third kappa shape index (κ3) is 5.28. The Balaban J connectivity index is 1.56. The molecule has 1 amide bonds. The maximum absolute atomic E-state index is 12.3. The molecular weight excluding hydrogens is 386 g/mol. The number of nitrogens with one attached hydrogen (secondary N) is 2. The minimum Gasteiger partial charge on any atom is -0.484 e. The lowest BCUT2D eigenvalue weighted by atomic mass is 10.2. The number of carbonyl (C=O) groups is 1. The second-order valence-electron chi connectivity index (χ2n) is 5.62. The molecule has 7 nitrogen and oxygen atoms in total. The number of aromatic nitrogens is 1. The van der Waals surface area contributed by atoms with Crippen LogP contribution >= 0.6 is 11.3 Å². The van der Waals surface area contributed by atoms with Crippen molar-refractivity contribution in [3.05, 3.63) is 65.7 Å². The van der Waals surface area contributed by atoms with Crippen molar-refractivity contribution in [2.45, 2.75) is 11.8 Å². The van der Waals surface area contributed by atoms with E-state index in [-0.39, 0.29) is 17.4 Å². The number of rotatable bonds is 7. The average molecular weight is 403 g/mol. The number of nitrogens with zero attached hydrogens (tertiary/aromatic N) is 1. The molecule has 2 N–H and O–H groups in total. The summed E-state index contributed by atoms with van der Waals surface area (Å²) >= 11 is 1.19. The molecule has 9 heteroatoms. The van der Waals surface area contributed by atoms with E-state index in [0.29, 0.717) is 16.6 Å². The zero-order valence-electron chi connectivity index (χ0n) is 14.4. The first-order chi connectivity index (χ1) is 12.9. The van der Waals surface area contributed by atoms with Gasteiger partial charge in [0.05, 0.1) is 4.90 Å². The van der Waals surface area contributed by atoms with E-state index in [1.54, 1.807) is 17.5 Å². The summed E-state index contributed by atoms with van der Waals surface area (Å²) in [6.07, 6.45) is 1.51. The molecule has 2 aromatic carbocycles. The molecule has 0 atom stereocenters. The molecule has 3 aromatic rings. The molecule has 0 unspecified atom stereocenters. The van der Waals surface area contributed by atoms with Crippen LogP contribution < -0.4 is 14.8 Å². The van der Waals surface area contributed by atoms with Gasteiger partial charge in [-0.2, -0.15) is 0 Å². The van der Waals surface area contributed by atoms with Gasteiger partial charge >= 0.3 is 0 Å². The summed E-state index contributed by atoms with van der Waals surface area (Å²) in [5.41, 5.74) is 1.58.